The zero-order chi connectivity index (χ0) is 26.7. The van der Waals surface area contributed by atoms with E-state index in [2.05, 4.69) is 10.1 Å². The molecule has 188 valence electrons. The number of nitrogens with two attached hydrogens (primary N) is 1. The van der Waals surface area contributed by atoms with Crippen molar-refractivity contribution in [1.29, 1.82) is 0 Å². The lowest BCUT2D eigenvalue weighted by molar-refractivity contribution is -0.134. The van der Waals surface area contributed by atoms with Gasteiger partial charge >= 0.3 is 5.56 Å². The Hall–Kier alpha value is -4.46. The molecule has 0 radical (unpaired) electrons. The number of fused-ring (bicyclic) bond motifs is 1. The van der Waals surface area contributed by atoms with Gasteiger partial charge < -0.3 is 9.52 Å². The van der Waals surface area contributed by atoms with Crippen molar-refractivity contribution in [3.05, 3.63) is 97.7 Å². The van der Waals surface area contributed by atoms with Crippen LogP contribution in [0.5, 0.6) is 0 Å². The Balaban J connectivity index is 0.000000747. The second-order valence-electron chi connectivity index (χ2n) is 7.53. The predicted octanol–water partition coefficient (Wildman–Crippen LogP) is 1.72. The SMILES string of the molecule is CC(=O)O.NS(=O)(=O)c1ccc(-c2ccc(C=c3sc4nc(=O)c(-c5ccccc5)nn4c3=O)o2)cc1. The molecule has 0 aliphatic heterocycles. The van der Waals surface area contributed by atoms with Crippen molar-refractivity contribution in [2.24, 2.45) is 5.14 Å². The molecule has 13 heteroatoms. The fraction of sp³-hybridized carbons (Fsp3) is 0.0417. The van der Waals surface area contributed by atoms with E-state index in [9.17, 15) is 18.0 Å². The Bertz CT molecular complexity index is 1870. The number of rotatable bonds is 4. The lowest BCUT2D eigenvalue weighted by Crippen LogP contribution is -2.26. The normalized spacial score (nSPS) is 11.8. The van der Waals surface area contributed by atoms with E-state index in [0.29, 0.717) is 27.2 Å². The van der Waals surface area contributed by atoms with Gasteiger partial charge in [0.2, 0.25) is 15.0 Å². The monoisotopic (exact) mass is 538 g/mol. The van der Waals surface area contributed by atoms with E-state index in [1.165, 1.54) is 18.2 Å². The maximum atomic E-state index is 12.9. The van der Waals surface area contributed by atoms with Crippen LogP contribution in [-0.4, -0.2) is 34.1 Å². The number of primary sulfonamides is 1. The molecule has 11 nitrogen and oxygen atoms in total. The van der Waals surface area contributed by atoms with Crippen LogP contribution in [0.2, 0.25) is 0 Å². The van der Waals surface area contributed by atoms with E-state index in [-0.39, 0.29) is 15.6 Å². The summed E-state index contributed by atoms with van der Waals surface area (Å²) in [4.78, 5) is 38.5. The number of hydrogen-bond acceptors (Lipinski definition) is 9. The molecule has 0 atom stereocenters. The molecule has 0 spiro atoms. The fourth-order valence-electron chi connectivity index (χ4n) is 3.21. The van der Waals surface area contributed by atoms with Crippen molar-refractivity contribution in [1.82, 2.24) is 14.6 Å². The summed E-state index contributed by atoms with van der Waals surface area (Å²) in [7, 11) is -3.79. The van der Waals surface area contributed by atoms with Crippen LogP contribution in [-0.2, 0) is 14.8 Å². The predicted molar refractivity (Wildman–Crippen MR) is 136 cm³/mol. The van der Waals surface area contributed by atoms with Crippen LogP contribution in [0.3, 0.4) is 0 Å². The Morgan fingerprint density at radius 3 is 2.30 bits per heavy atom. The number of hydrogen-bond donors (Lipinski definition) is 2. The summed E-state index contributed by atoms with van der Waals surface area (Å²) < 4.78 is 30.0. The van der Waals surface area contributed by atoms with E-state index in [0.717, 1.165) is 22.8 Å². The smallest absolute Gasteiger partial charge is 0.300 e. The quantitative estimate of drug-likeness (QED) is 0.345. The number of sulfonamides is 1. The molecular weight excluding hydrogens is 520 g/mol. The van der Waals surface area contributed by atoms with Gasteiger partial charge in [-0.25, -0.2) is 13.6 Å². The summed E-state index contributed by atoms with van der Waals surface area (Å²) in [5.74, 6) is 0.0447. The van der Waals surface area contributed by atoms with Gasteiger partial charge in [0.1, 0.15) is 16.1 Å². The maximum Gasteiger partial charge on any atom is 0.300 e. The van der Waals surface area contributed by atoms with Crippen molar-refractivity contribution in [2.75, 3.05) is 0 Å². The summed E-state index contributed by atoms with van der Waals surface area (Å²) in [6.07, 6.45) is 1.54. The summed E-state index contributed by atoms with van der Waals surface area (Å²) in [6, 6.07) is 18.1. The molecule has 3 aromatic heterocycles. The number of carbonyl (C=O) groups is 1. The molecule has 0 fully saturated rings. The van der Waals surface area contributed by atoms with Gasteiger partial charge in [0.05, 0.1) is 4.90 Å². The third-order valence-electron chi connectivity index (χ3n) is 4.80. The number of aliphatic carboxylic acids is 1. The number of carboxylic acids is 1. The molecule has 0 saturated carbocycles. The van der Waals surface area contributed by atoms with Gasteiger partial charge in [0, 0.05) is 24.1 Å². The second kappa shape index (κ2) is 10.3. The van der Waals surface area contributed by atoms with Crippen LogP contribution >= 0.6 is 11.3 Å². The minimum Gasteiger partial charge on any atom is -0.481 e. The minimum absolute atomic E-state index is 0.00416. The molecule has 37 heavy (non-hydrogen) atoms. The Morgan fingerprint density at radius 2 is 1.68 bits per heavy atom. The van der Waals surface area contributed by atoms with E-state index in [1.807, 2.05) is 6.07 Å². The minimum atomic E-state index is -3.79. The first-order chi connectivity index (χ1) is 17.5. The zero-order valence-electron chi connectivity index (χ0n) is 19.1. The highest BCUT2D eigenvalue weighted by Crippen LogP contribution is 2.24. The van der Waals surface area contributed by atoms with E-state index in [1.54, 1.807) is 48.5 Å². The molecule has 0 aliphatic rings. The number of aromatic nitrogens is 3. The number of nitrogens with zero attached hydrogens (tertiary/aromatic N) is 3. The first-order valence-electron chi connectivity index (χ1n) is 10.5. The number of thiazole rings is 1. The Labute approximate surface area is 212 Å². The third kappa shape index (κ3) is 5.86. The molecule has 0 saturated heterocycles. The maximum absolute atomic E-state index is 12.9. The van der Waals surface area contributed by atoms with Gasteiger partial charge in [0.15, 0.2) is 5.69 Å². The molecule has 0 unspecified atom stereocenters. The molecule has 5 rings (SSSR count). The van der Waals surface area contributed by atoms with Crippen molar-refractivity contribution >= 4 is 38.4 Å². The standard InChI is InChI=1S/C22H14N4O5S2.C2H4O2/c23-33(29,30)16-9-6-13(7-10-16)17-11-8-15(31-17)12-18-21(28)26-22(32-18)24-20(27)19(25-26)14-4-2-1-3-5-14;1-2(3)4/h1-12H,(H2,23,29,30);1H3,(H,3,4). The highest BCUT2D eigenvalue weighted by Gasteiger charge is 2.13. The summed E-state index contributed by atoms with van der Waals surface area (Å²) in [5.41, 5.74) is 0.372. The topological polar surface area (TPSA) is 175 Å². The largest absolute Gasteiger partial charge is 0.481 e. The molecule has 0 aliphatic carbocycles. The Morgan fingerprint density at radius 1 is 1.03 bits per heavy atom. The number of carboxylic acid groups (broad SMARTS) is 1. The fourth-order valence-corrected chi connectivity index (χ4v) is 4.61. The average molecular weight is 539 g/mol. The third-order valence-corrected chi connectivity index (χ3v) is 6.69. The molecule has 3 N–H and O–H groups in total. The van der Waals surface area contributed by atoms with Gasteiger partial charge in [-0.3, -0.25) is 14.4 Å². The summed E-state index contributed by atoms with van der Waals surface area (Å²) >= 11 is 1.03. The second-order valence-corrected chi connectivity index (χ2v) is 10.1. The van der Waals surface area contributed by atoms with Crippen molar-refractivity contribution in [3.8, 4) is 22.6 Å². The molecule has 3 heterocycles. The molecule has 0 amide bonds. The van der Waals surface area contributed by atoms with Crippen LogP contribution in [0.15, 0.2) is 85.6 Å². The van der Waals surface area contributed by atoms with Gasteiger partial charge in [0.25, 0.3) is 11.5 Å². The van der Waals surface area contributed by atoms with Gasteiger partial charge in [-0.2, -0.15) is 14.6 Å². The highest BCUT2D eigenvalue weighted by molar-refractivity contribution is 7.89. The van der Waals surface area contributed by atoms with Gasteiger partial charge in [-0.15, -0.1) is 0 Å². The van der Waals surface area contributed by atoms with E-state index in [4.69, 9.17) is 19.5 Å². The van der Waals surface area contributed by atoms with Crippen molar-refractivity contribution in [2.45, 2.75) is 11.8 Å². The molecule has 0 bridgehead atoms. The first-order valence-corrected chi connectivity index (χ1v) is 12.8. The zero-order valence-corrected chi connectivity index (χ0v) is 20.7. The van der Waals surface area contributed by atoms with E-state index < -0.39 is 27.1 Å². The lowest BCUT2D eigenvalue weighted by atomic mass is 10.2. The first kappa shape index (κ1) is 25.6. The number of furan rings is 1. The van der Waals surface area contributed by atoms with Gasteiger partial charge in [-0.05, 0) is 36.4 Å². The van der Waals surface area contributed by atoms with Crippen LogP contribution in [0, 0.1) is 0 Å². The summed E-state index contributed by atoms with van der Waals surface area (Å²) in [5, 5.41) is 16.8. The van der Waals surface area contributed by atoms with Crippen LogP contribution in [0.1, 0.15) is 12.7 Å². The average Bonchev–Trinajstić information content (AvgIpc) is 3.43. The molecule has 2 aromatic carbocycles. The van der Waals surface area contributed by atoms with E-state index >= 15 is 0 Å². The van der Waals surface area contributed by atoms with Crippen LogP contribution in [0.25, 0.3) is 33.6 Å². The van der Waals surface area contributed by atoms with Gasteiger partial charge in [-0.1, -0.05) is 41.7 Å². The van der Waals surface area contributed by atoms with Crippen molar-refractivity contribution in [3.63, 3.8) is 0 Å². The van der Waals surface area contributed by atoms with Crippen LogP contribution < -0.4 is 20.8 Å². The number of benzene rings is 2. The highest BCUT2D eigenvalue weighted by atomic mass is 32.2. The lowest BCUT2D eigenvalue weighted by Gasteiger charge is -2.00. The van der Waals surface area contributed by atoms with Crippen molar-refractivity contribution < 1.29 is 22.7 Å². The summed E-state index contributed by atoms with van der Waals surface area (Å²) in [6.45, 7) is 1.08. The Kier molecular flexibility index (Phi) is 7.11. The molecular formula is C24H18N4O7S2. The van der Waals surface area contributed by atoms with Crippen LogP contribution in [0.4, 0.5) is 0 Å². The molecule has 5 aromatic rings.